The number of aliphatic hydroxyl groups is 1. The Hall–Kier alpha value is -2.20. The number of furan rings is 1. The van der Waals surface area contributed by atoms with Crippen LogP contribution in [0.5, 0.6) is 5.75 Å². The van der Waals surface area contributed by atoms with Gasteiger partial charge >= 0.3 is 0 Å². The van der Waals surface area contributed by atoms with Crippen molar-refractivity contribution in [2.24, 2.45) is 7.05 Å². The first-order valence-electron chi connectivity index (χ1n) is 7.86. The fraction of sp³-hybridized carbons (Fsp3) is 0.368. The molecule has 2 heterocycles. The third-order valence-corrected chi connectivity index (χ3v) is 3.81. The Balaban J connectivity index is 1.84. The Morgan fingerprint density at radius 1 is 1.26 bits per heavy atom. The lowest BCUT2D eigenvalue weighted by atomic mass is 10.0. The third kappa shape index (κ3) is 3.59. The first-order valence-corrected chi connectivity index (χ1v) is 7.86. The molecule has 1 unspecified atom stereocenters. The van der Waals surface area contributed by atoms with Gasteiger partial charge in [0, 0.05) is 31.1 Å². The molecule has 3 aromatic rings. The van der Waals surface area contributed by atoms with E-state index in [1.807, 2.05) is 61.1 Å². The summed E-state index contributed by atoms with van der Waals surface area (Å²) in [4.78, 5) is 0. The molecule has 0 bridgehead atoms. The van der Waals surface area contributed by atoms with E-state index in [1.165, 1.54) is 0 Å². The highest BCUT2D eigenvalue weighted by molar-refractivity contribution is 5.83. The third-order valence-electron chi connectivity index (χ3n) is 3.81. The molecular formula is C19H23NO3. The number of ether oxygens (including phenoxy) is 1. The van der Waals surface area contributed by atoms with E-state index in [9.17, 15) is 5.11 Å². The normalized spacial score (nSPS) is 13.4. The Kier molecular flexibility index (Phi) is 3.94. The van der Waals surface area contributed by atoms with E-state index in [0.29, 0.717) is 6.42 Å². The topological polar surface area (TPSA) is 47.5 Å². The van der Waals surface area contributed by atoms with E-state index < -0.39 is 5.60 Å². The monoisotopic (exact) mass is 313 g/mol. The average molecular weight is 313 g/mol. The Morgan fingerprint density at radius 3 is 2.70 bits per heavy atom. The van der Waals surface area contributed by atoms with Gasteiger partial charge in [0.15, 0.2) is 5.76 Å². The molecule has 4 heteroatoms. The molecule has 3 rings (SSSR count). The molecular weight excluding hydrogens is 290 g/mol. The second-order valence-corrected chi connectivity index (χ2v) is 6.76. The maximum Gasteiger partial charge on any atom is 0.151 e. The van der Waals surface area contributed by atoms with Crippen molar-refractivity contribution in [3.8, 4) is 17.2 Å². The smallest absolute Gasteiger partial charge is 0.151 e. The van der Waals surface area contributed by atoms with Crippen molar-refractivity contribution in [3.63, 3.8) is 0 Å². The van der Waals surface area contributed by atoms with Crippen molar-refractivity contribution in [1.29, 1.82) is 0 Å². The number of rotatable bonds is 5. The summed E-state index contributed by atoms with van der Waals surface area (Å²) in [6.07, 6.45) is 2.49. The van der Waals surface area contributed by atoms with Gasteiger partial charge < -0.3 is 18.8 Å². The minimum atomic E-state index is -0.742. The lowest BCUT2D eigenvalue weighted by molar-refractivity contribution is 0.0324. The Bertz CT molecular complexity index is 807. The lowest BCUT2D eigenvalue weighted by Gasteiger charge is -2.22. The quantitative estimate of drug-likeness (QED) is 0.761. The Labute approximate surface area is 136 Å². The van der Waals surface area contributed by atoms with Crippen LogP contribution in [-0.2, 0) is 7.05 Å². The van der Waals surface area contributed by atoms with Crippen molar-refractivity contribution < 1.29 is 14.3 Å². The molecule has 23 heavy (non-hydrogen) atoms. The number of hydrogen-bond acceptors (Lipinski definition) is 3. The van der Waals surface area contributed by atoms with Crippen molar-refractivity contribution in [2.75, 3.05) is 0 Å². The van der Waals surface area contributed by atoms with Gasteiger partial charge in [-0.3, -0.25) is 0 Å². The van der Waals surface area contributed by atoms with Gasteiger partial charge in [0.25, 0.3) is 0 Å². The molecule has 1 N–H and O–H groups in total. The van der Waals surface area contributed by atoms with Crippen LogP contribution in [0.3, 0.4) is 0 Å². The van der Waals surface area contributed by atoms with Crippen LogP contribution in [0.1, 0.15) is 27.2 Å². The maximum atomic E-state index is 9.87. The van der Waals surface area contributed by atoms with E-state index in [-0.39, 0.29) is 6.10 Å². The first-order chi connectivity index (χ1) is 10.8. The summed E-state index contributed by atoms with van der Waals surface area (Å²) in [5, 5.41) is 10.9. The van der Waals surface area contributed by atoms with Gasteiger partial charge in [-0.1, -0.05) is 0 Å². The summed E-state index contributed by atoms with van der Waals surface area (Å²) >= 11 is 0. The first kappa shape index (κ1) is 15.7. The van der Waals surface area contributed by atoms with Crippen LogP contribution in [0.25, 0.3) is 22.4 Å². The van der Waals surface area contributed by atoms with Gasteiger partial charge in [-0.25, -0.2) is 0 Å². The minimum absolute atomic E-state index is 0.0743. The molecule has 1 aromatic carbocycles. The SMILES string of the molecule is CC(CC(C)(C)O)Oc1ccc2cc(-c3cccn3C)oc2c1. The second-order valence-electron chi connectivity index (χ2n) is 6.76. The van der Waals surface area contributed by atoms with Crippen LogP contribution in [-0.4, -0.2) is 21.4 Å². The van der Waals surface area contributed by atoms with Crippen LogP contribution < -0.4 is 4.74 Å². The number of aromatic nitrogens is 1. The summed E-state index contributed by atoms with van der Waals surface area (Å²) in [5.74, 6) is 1.59. The van der Waals surface area contributed by atoms with Gasteiger partial charge in [0.2, 0.25) is 0 Å². The maximum absolute atomic E-state index is 9.87. The molecule has 1 atom stereocenters. The fourth-order valence-corrected chi connectivity index (χ4v) is 2.91. The number of fused-ring (bicyclic) bond motifs is 1. The average Bonchev–Trinajstić information content (AvgIpc) is 3.01. The van der Waals surface area contributed by atoms with E-state index in [2.05, 4.69) is 0 Å². The number of nitrogens with zero attached hydrogens (tertiary/aromatic N) is 1. The van der Waals surface area contributed by atoms with Crippen LogP contribution in [0, 0.1) is 0 Å². The summed E-state index contributed by atoms with van der Waals surface area (Å²) in [6, 6.07) is 11.9. The van der Waals surface area contributed by atoms with Crippen LogP contribution in [0.4, 0.5) is 0 Å². The van der Waals surface area contributed by atoms with Gasteiger partial charge in [0.1, 0.15) is 11.3 Å². The predicted molar refractivity (Wildman–Crippen MR) is 91.6 cm³/mol. The molecule has 0 aliphatic carbocycles. The van der Waals surface area contributed by atoms with Crippen LogP contribution in [0.15, 0.2) is 47.0 Å². The molecule has 0 saturated heterocycles. The van der Waals surface area contributed by atoms with Crippen molar-refractivity contribution in [3.05, 3.63) is 42.6 Å². The summed E-state index contributed by atoms with van der Waals surface area (Å²) in [7, 11) is 2.00. The zero-order valence-corrected chi connectivity index (χ0v) is 14.0. The molecule has 0 aliphatic rings. The van der Waals surface area contributed by atoms with E-state index in [1.54, 1.807) is 13.8 Å². The molecule has 2 aromatic heterocycles. The summed E-state index contributed by atoms with van der Waals surface area (Å²) in [5.41, 5.74) is 1.10. The molecule has 0 radical (unpaired) electrons. The lowest BCUT2D eigenvalue weighted by Crippen LogP contribution is -2.27. The molecule has 122 valence electrons. The fourth-order valence-electron chi connectivity index (χ4n) is 2.91. The number of aryl methyl sites for hydroxylation is 1. The van der Waals surface area contributed by atoms with Crippen LogP contribution >= 0.6 is 0 Å². The second kappa shape index (κ2) is 5.78. The highest BCUT2D eigenvalue weighted by Crippen LogP contribution is 2.30. The van der Waals surface area contributed by atoms with Gasteiger partial charge in [-0.15, -0.1) is 0 Å². The highest BCUT2D eigenvalue weighted by atomic mass is 16.5. The largest absolute Gasteiger partial charge is 0.490 e. The molecule has 4 nitrogen and oxygen atoms in total. The number of benzene rings is 1. The molecule has 0 fully saturated rings. The molecule has 0 saturated carbocycles. The summed E-state index contributed by atoms with van der Waals surface area (Å²) < 4.78 is 13.9. The van der Waals surface area contributed by atoms with E-state index in [0.717, 1.165) is 28.2 Å². The van der Waals surface area contributed by atoms with Gasteiger partial charge in [0.05, 0.1) is 17.4 Å². The summed E-state index contributed by atoms with van der Waals surface area (Å²) in [6.45, 7) is 5.53. The van der Waals surface area contributed by atoms with E-state index >= 15 is 0 Å². The Morgan fingerprint density at radius 2 is 2.04 bits per heavy atom. The molecule has 0 aliphatic heterocycles. The van der Waals surface area contributed by atoms with Gasteiger partial charge in [-0.05, 0) is 51.1 Å². The van der Waals surface area contributed by atoms with Crippen molar-refractivity contribution in [2.45, 2.75) is 38.9 Å². The zero-order valence-electron chi connectivity index (χ0n) is 14.0. The standard InChI is InChI=1S/C19H23NO3/c1-13(12-19(2,3)21)22-15-8-7-14-10-18(23-17(14)11-15)16-6-5-9-20(16)4/h5-11,13,21H,12H2,1-4H3. The zero-order chi connectivity index (χ0) is 16.6. The van der Waals surface area contributed by atoms with Gasteiger partial charge in [-0.2, -0.15) is 0 Å². The molecule has 0 amide bonds. The van der Waals surface area contributed by atoms with E-state index in [4.69, 9.17) is 9.15 Å². The van der Waals surface area contributed by atoms with Crippen molar-refractivity contribution >= 4 is 11.0 Å². The number of hydrogen-bond donors (Lipinski definition) is 1. The molecule has 0 spiro atoms. The minimum Gasteiger partial charge on any atom is -0.490 e. The van der Waals surface area contributed by atoms with Crippen molar-refractivity contribution in [1.82, 2.24) is 4.57 Å². The van der Waals surface area contributed by atoms with Crippen LogP contribution in [0.2, 0.25) is 0 Å². The predicted octanol–water partition coefficient (Wildman–Crippen LogP) is 4.37. The highest BCUT2D eigenvalue weighted by Gasteiger charge is 2.18.